The van der Waals surface area contributed by atoms with Crippen LogP contribution in [0.5, 0.6) is 5.75 Å². The highest BCUT2D eigenvalue weighted by atomic mass is 127. The Labute approximate surface area is 192 Å². The summed E-state index contributed by atoms with van der Waals surface area (Å²) in [6, 6.07) is 8.30. The normalized spacial score (nSPS) is 14.9. The standard InChI is InChI=1S/C22H36N4O2.HI/c1-4-15-28-20-8-6-7-18(16-20)9-12-25-22(24-5-2)26-13-10-19(11-14-26)17-21(27)23-3;/h6-8,16,19H,4-5,9-15,17H2,1-3H3,(H,23,27)(H,24,25);1H. The fraction of sp³-hybridized carbons (Fsp3) is 0.636. The van der Waals surface area contributed by atoms with E-state index >= 15 is 0 Å². The number of carbonyl (C=O) groups excluding carboxylic acids is 1. The molecule has 1 aliphatic heterocycles. The largest absolute Gasteiger partial charge is 0.494 e. The highest BCUT2D eigenvalue weighted by Gasteiger charge is 2.22. The van der Waals surface area contributed by atoms with Crippen molar-refractivity contribution in [3.8, 4) is 5.75 Å². The zero-order chi connectivity index (χ0) is 20.2. The van der Waals surface area contributed by atoms with Crippen LogP contribution < -0.4 is 15.4 Å². The number of guanidine groups is 1. The highest BCUT2D eigenvalue weighted by molar-refractivity contribution is 14.0. The van der Waals surface area contributed by atoms with E-state index in [1.165, 1.54) is 5.56 Å². The molecule has 0 bridgehead atoms. The molecular formula is C22H37IN4O2. The lowest BCUT2D eigenvalue weighted by atomic mass is 9.93. The topological polar surface area (TPSA) is 66.0 Å². The van der Waals surface area contributed by atoms with Gasteiger partial charge in [0, 0.05) is 39.6 Å². The van der Waals surface area contributed by atoms with Crippen molar-refractivity contribution in [1.29, 1.82) is 0 Å². The first-order valence-electron chi connectivity index (χ1n) is 10.6. The maximum Gasteiger partial charge on any atom is 0.220 e. The van der Waals surface area contributed by atoms with Gasteiger partial charge < -0.3 is 20.3 Å². The van der Waals surface area contributed by atoms with E-state index < -0.39 is 0 Å². The molecule has 0 aromatic heterocycles. The molecule has 0 radical (unpaired) electrons. The van der Waals surface area contributed by atoms with E-state index in [4.69, 9.17) is 9.73 Å². The molecule has 6 nitrogen and oxygen atoms in total. The number of rotatable bonds is 9. The molecule has 1 saturated heterocycles. The van der Waals surface area contributed by atoms with Gasteiger partial charge in [-0.15, -0.1) is 24.0 Å². The van der Waals surface area contributed by atoms with Crippen molar-refractivity contribution >= 4 is 35.8 Å². The minimum atomic E-state index is 0. The molecule has 1 aromatic carbocycles. The van der Waals surface area contributed by atoms with Crippen LogP contribution in [0, 0.1) is 5.92 Å². The third-order valence-electron chi connectivity index (χ3n) is 5.04. The second-order valence-corrected chi connectivity index (χ2v) is 7.29. The summed E-state index contributed by atoms with van der Waals surface area (Å²) in [6.45, 7) is 8.48. The molecule has 1 aliphatic rings. The molecule has 1 amide bonds. The van der Waals surface area contributed by atoms with Gasteiger partial charge in [-0.3, -0.25) is 9.79 Å². The van der Waals surface area contributed by atoms with E-state index in [2.05, 4.69) is 41.5 Å². The molecule has 0 spiro atoms. The zero-order valence-electron chi connectivity index (χ0n) is 18.1. The van der Waals surface area contributed by atoms with Crippen molar-refractivity contribution in [1.82, 2.24) is 15.5 Å². The van der Waals surface area contributed by atoms with E-state index in [1.807, 2.05) is 12.1 Å². The third-order valence-corrected chi connectivity index (χ3v) is 5.04. The fourth-order valence-corrected chi connectivity index (χ4v) is 3.44. The van der Waals surface area contributed by atoms with Crippen molar-refractivity contribution < 1.29 is 9.53 Å². The van der Waals surface area contributed by atoms with Gasteiger partial charge in [0.15, 0.2) is 5.96 Å². The summed E-state index contributed by atoms with van der Waals surface area (Å²) in [7, 11) is 1.71. The molecule has 0 aliphatic carbocycles. The van der Waals surface area contributed by atoms with Gasteiger partial charge in [-0.05, 0) is 56.2 Å². The van der Waals surface area contributed by atoms with Gasteiger partial charge in [-0.1, -0.05) is 19.1 Å². The van der Waals surface area contributed by atoms with E-state index in [-0.39, 0.29) is 29.9 Å². The van der Waals surface area contributed by atoms with Gasteiger partial charge in [-0.2, -0.15) is 0 Å². The monoisotopic (exact) mass is 516 g/mol. The average Bonchev–Trinajstić information content (AvgIpc) is 2.72. The number of nitrogens with one attached hydrogen (secondary N) is 2. The highest BCUT2D eigenvalue weighted by Crippen LogP contribution is 2.20. The minimum absolute atomic E-state index is 0. The molecule has 1 fully saturated rings. The van der Waals surface area contributed by atoms with E-state index in [0.29, 0.717) is 12.3 Å². The predicted molar refractivity (Wildman–Crippen MR) is 130 cm³/mol. The van der Waals surface area contributed by atoms with Crippen molar-refractivity contribution in [2.75, 3.05) is 39.8 Å². The van der Waals surface area contributed by atoms with Crippen molar-refractivity contribution in [2.24, 2.45) is 10.9 Å². The first-order chi connectivity index (χ1) is 13.7. The van der Waals surface area contributed by atoms with E-state index in [0.717, 1.165) is 70.2 Å². The maximum atomic E-state index is 11.6. The summed E-state index contributed by atoms with van der Waals surface area (Å²) in [5.74, 6) is 2.54. The second-order valence-electron chi connectivity index (χ2n) is 7.29. The van der Waals surface area contributed by atoms with Gasteiger partial charge in [0.2, 0.25) is 5.91 Å². The Bertz CT molecular complexity index is 631. The van der Waals surface area contributed by atoms with Crippen molar-refractivity contribution in [3.63, 3.8) is 0 Å². The lowest BCUT2D eigenvalue weighted by Crippen LogP contribution is -2.46. The van der Waals surface area contributed by atoms with Crippen molar-refractivity contribution in [2.45, 2.75) is 46.0 Å². The number of likely N-dealkylation sites (tertiary alicyclic amines) is 1. The summed E-state index contributed by atoms with van der Waals surface area (Å²) < 4.78 is 5.72. The summed E-state index contributed by atoms with van der Waals surface area (Å²) in [6.07, 6.45) is 4.61. The van der Waals surface area contributed by atoms with Crippen LogP contribution in [0.25, 0.3) is 0 Å². The summed E-state index contributed by atoms with van der Waals surface area (Å²) in [4.78, 5) is 18.7. The molecule has 1 aromatic rings. The lowest BCUT2D eigenvalue weighted by molar-refractivity contribution is -0.121. The van der Waals surface area contributed by atoms with Crippen LogP contribution in [0.3, 0.4) is 0 Å². The molecule has 2 rings (SSSR count). The number of hydrogen-bond acceptors (Lipinski definition) is 3. The second kappa shape index (κ2) is 14.5. The average molecular weight is 516 g/mol. The van der Waals surface area contributed by atoms with Gasteiger partial charge >= 0.3 is 0 Å². The SMILES string of the molecule is CCCOc1cccc(CCN=C(NCC)N2CCC(CC(=O)NC)CC2)c1.I. The van der Waals surface area contributed by atoms with Gasteiger partial charge in [0.05, 0.1) is 6.61 Å². The predicted octanol–water partition coefficient (Wildman–Crippen LogP) is 3.45. The Balaban J connectivity index is 0.00000420. The fourth-order valence-electron chi connectivity index (χ4n) is 3.44. The van der Waals surface area contributed by atoms with Gasteiger partial charge in [0.1, 0.15) is 5.75 Å². The van der Waals surface area contributed by atoms with Crippen LogP contribution in [-0.2, 0) is 11.2 Å². The number of ether oxygens (including phenoxy) is 1. The van der Waals surface area contributed by atoms with Crippen LogP contribution in [0.15, 0.2) is 29.3 Å². The number of halogens is 1. The van der Waals surface area contributed by atoms with E-state index in [1.54, 1.807) is 7.05 Å². The Kier molecular flexibility index (Phi) is 12.7. The van der Waals surface area contributed by atoms with Crippen LogP contribution in [-0.4, -0.2) is 56.6 Å². The number of hydrogen-bond donors (Lipinski definition) is 2. The van der Waals surface area contributed by atoms with Crippen LogP contribution in [0.1, 0.15) is 45.1 Å². The first kappa shape index (κ1) is 25.5. The van der Waals surface area contributed by atoms with Crippen molar-refractivity contribution in [3.05, 3.63) is 29.8 Å². The van der Waals surface area contributed by atoms with Gasteiger partial charge in [-0.25, -0.2) is 0 Å². The zero-order valence-corrected chi connectivity index (χ0v) is 20.4. The Hall–Kier alpha value is -1.51. The van der Waals surface area contributed by atoms with Crippen LogP contribution in [0.4, 0.5) is 0 Å². The third kappa shape index (κ3) is 9.23. The number of nitrogens with zero attached hydrogens (tertiary/aromatic N) is 2. The molecule has 0 unspecified atom stereocenters. The molecule has 0 atom stereocenters. The molecule has 29 heavy (non-hydrogen) atoms. The molecular weight excluding hydrogens is 479 g/mol. The molecule has 1 heterocycles. The summed E-state index contributed by atoms with van der Waals surface area (Å²) in [5.41, 5.74) is 1.25. The molecule has 0 saturated carbocycles. The quantitative estimate of drug-likeness (QED) is 0.300. The maximum absolute atomic E-state index is 11.6. The minimum Gasteiger partial charge on any atom is -0.494 e. The lowest BCUT2D eigenvalue weighted by Gasteiger charge is -2.34. The molecule has 2 N–H and O–H groups in total. The van der Waals surface area contributed by atoms with Gasteiger partial charge in [0.25, 0.3) is 0 Å². The van der Waals surface area contributed by atoms with Crippen LogP contribution >= 0.6 is 24.0 Å². The number of carbonyl (C=O) groups is 1. The Morgan fingerprint density at radius 2 is 2.03 bits per heavy atom. The number of benzene rings is 1. The molecule has 164 valence electrons. The summed E-state index contributed by atoms with van der Waals surface area (Å²) in [5, 5.41) is 6.14. The Morgan fingerprint density at radius 1 is 1.28 bits per heavy atom. The van der Waals surface area contributed by atoms with E-state index in [9.17, 15) is 4.79 Å². The molecule has 7 heteroatoms. The number of aliphatic imine (C=N–C) groups is 1. The smallest absolute Gasteiger partial charge is 0.220 e. The van der Waals surface area contributed by atoms with Crippen LogP contribution in [0.2, 0.25) is 0 Å². The Morgan fingerprint density at radius 3 is 2.69 bits per heavy atom. The number of amides is 1. The first-order valence-corrected chi connectivity index (χ1v) is 10.6. The summed E-state index contributed by atoms with van der Waals surface area (Å²) >= 11 is 0. The number of piperidine rings is 1.